The highest BCUT2D eigenvalue weighted by Gasteiger charge is 2.23. The molecule has 0 aromatic heterocycles. The number of benzene rings is 1. The zero-order valence-corrected chi connectivity index (χ0v) is 13.1. The lowest BCUT2D eigenvalue weighted by Gasteiger charge is -2.19. The first-order valence-electron chi connectivity index (χ1n) is 7.18. The van der Waals surface area contributed by atoms with E-state index in [0.29, 0.717) is 11.0 Å². The van der Waals surface area contributed by atoms with Crippen molar-refractivity contribution in [3.05, 3.63) is 35.4 Å². The zero-order chi connectivity index (χ0) is 14.7. The van der Waals surface area contributed by atoms with E-state index >= 15 is 0 Å². The van der Waals surface area contributed by atoms with E-state index < -0.39 is 0 Å². The third kappa shape index (κ3) is 3.37. The third-order valence-electron chi connectivity index (χ3n) is 4.09. The summed E-state index contributed by atoms with van der Waals surface area (Å²) >= 11 is 5.26. The van der Waals surface area contributed by atoms with E-state index in [1.165, 1.54) is 11.1 Å². The normalized spacial score (nSPS) is 18.5. The number of thiocarbonyl (C=S) groups is 1. The average Bonchev–Trinajstić information content (AvgIpc) is 2.81. The number of hydrogen-bond donors (Lipinski definition) is 2. The summed E-state index contributed by atoms with van der Waals surface area (Å²) in [5.41, 5.74) is 2.66. The predicted molar refractivity (Wildman–Crippen MR) is 85.4 cm³/mol. The summed E-state index contributed by atoms with van der Waals surface area (Å²) in [6, 6.07) is 8.60. The Hall–Kier alpha value is -1.42. The summed E-state index contributed by atoms with van der Waals surface area (Å²) in [7, 11) is 0. The fraction of sp³-hybridized carbons (Fsp3) is 0.500. The molecule has 108 valence electrons. The van der Waals surface area contributed by atoms with Crippen molar-refractivity contribution in [3.8, 4) is 0 Å². The van der Waals surface area contributed by atoms with Crippen LogP contribution in [0.15, 0.2) is 24.3 Å². The van der Waals surface area contributed by atoms with Crippen LogP contribution in [0.5, 0.6) is 0 Å². The van der Waals surface area contributed by atoms with E-state index in [2.05, 4.69) is 28.8 Å². The maximum atomic E-state index is 12.0. The lowest BCUT2D eigenvalue weighted by atomic mass is 9.97. The van der Waals surface area contributed by atoms with Gasteiger partial charge in [-0.25, -0.2) is 0 Å². The van der Waals surface area contributed by atoms with Crippen molar-refractivity contribution in [3.63, 3.8) is 0 Å². The van der Waals surface area contributed by atoms with Crippen LogP contribution < -0.4 is 10.6 Å². The second-order valence-corrected chi connectivity index (χ2v) is 6.19. The third-order valence-corrected chi connectivity index (χ3v) is 4.31. The SMILES string of the molecule is CC(C)C(C)C(=O)NC(=S)N[C@H]1CCc2ccccc21. The van der Waals surface area contributed by atoms with Crippen LogP contribution in [0.4, 0.5) is 0 Å². The van der Waals surface area contributed by atoms with Crippen molar-refractivity contribution >= 4 is 23.2 Å². The molecule has 3 nitrogen and oxygen atoms in total. The molecule has 0 saturated carbocycles. The number of carbonyl (C=O) groups excluding carboxylic acids is 1. The number of nitrogens with one attached hydrogen (secondary N) is 2. The van der Waals surface area contributed by atoms with Crippen molar-refractivity contribution in [1.82, 2.24) is 10.6 Å². The maximum absolute atomic E-state index is 12.0. The Balaban J connectivity index is 1.92. The smallest absolute Gasteiger partial charge is 0.229 e. The minimum Gasteiger partial charge on any atom is -0.356 e. The van der Waals surface area contributed by atoms with Gasteiger partial charge >= 0.3 is 0 Å². The van der Waals surface area contributed by atoms with E-state index in [0.717, 1.165) is 12.8 Å². The van der Waals surface area contributed by atoms with Crippen LogP contribution in [-0.2, 0) is 11.2 Å². The summed E-state index contributed by atoms with van der Waals surface area (Å²) in [5.74, 6) is 0.263. The second kappa shape index (κ2) is 6.35. The molecule has 4 heteroatoms. The standard InChI is InChI=1S/C16H22N2OS/c1-10(2)11(3)15(19)18-16(20)17-14-9-8-12-6-4-5-7-13(12)14/h4-7,10-11,14H,8-9H2,1-3H3,(H2,17,18,19,20)/t11?,14-/m0/s1. The van der Waals surface area contributed by atoms with Gasteiger partial charge in [0, 0.05) is 5.92 Å². The molecule has 1 aliphatic carbocycles. The van der Waals surface area contributed by atoms with Gasteiger partial charge in [0.05, 0.1) is 6.04 Å². The summed E-state index contributed by atoms with van der Waals surface area (Å²) < 4.78 is 0. The molecule has 20 heavy (non-hydrogen) atoms. The highest BCUT2D eigenvalue weighted by molar-refractivity contribution is 7.80. The number of carbonyl (C=O) groups is 1. The summed E-state index contributed by atoms with van der Waals surface area (Å²) in [5, 5.41) is 6.49. The fourth-order valence-corrected chi connectivity index (χ4v) is 2.67. The molecule has 1 amide bonds. The van der Waals surface area contributed by atoms with Gasteiger partial charge < -0.3 is 10.6 Å². The van der Waals surface area contributed by atoms with E-state index in [9.17, 15) is 4.79 Å². The van der Waals surface area contributed by atoms with Gasteiger partial charge in [-0.05, 0) is 42.1 Å². The Labute approximate surface area is 126 Å². The maximum Gasteiger partial charge on any atom is 0.229 e. The molecule has 0 bridgehead atoms. The Kier molecular flexibility index (Phi) is 4.76. The van der Waals surface area contributed by atoms with Gasteiger partial charge in [0.25, 0.3) is 0 Å². The van der Waals surface area contributed by atoms with Crippen molar-refractivity contribution in [2.45, 2.75) is 39.7 Å². The van der Waals surface area contributed by atoms with Crippen LogP contribution in [0.2, 0.25) is 0 Å². The van der Waals surface area contributed by atoms with E-state index in [4.69, 9.17) is 12.2 Å². The van der Waals surface area contributed by atoms with Gasteiger partial charge in [0.15, 0.2) is 5.11 Å². The van der Waals surface area contributed by atoms with Gasteiger partial charge in [-0.2, -0.15) is 0 Å². The Bertz CT molecular complexity index is 513. The minimum absolute atomic E-state index is 0.0104. The lowest BCUT2D eigenvalue weighted by Crippen LogP contribution is -2.43. The number of amides is 1. The van der Waals surface area contributed by atoms with Crippen LogP contribution in [0.25, 0.3) is 0 Å². The second-order valence-electron chi connectivity index (χ2n) is 5.79. The Morgan fingerprint density at radius 1 is 1.30 bits per heavy atom. The monoisotopic (exact) mass is 290 g/mol. The molecular formula is C16H22N2OS. The van der Waals surface area contributed by atoms with E-state index in [1.54, 1.807) is 0 Å². The number of rotatable bonds is 3. The Morgan fingerprint density at radius 3 is 2.70 bits per heavy atom. The van der Waals surface area contributed by atoms with E-state index in [1.807, 2.05) is 26.8 Å². The van der Waals surface area contributed by atoms with Crippen molar-refractivity contribution in [1.29, 1.82) is 0 Å². The number of fused-ring (bicyclic) bond motifs is 1. The van der Waals surface area contributed by atoms with Crippen LogP contribution in [0.1, 0.15) is 44.4 Å². The van der Waals surface area contributed by atoms with Crippen molar-refractivity contribution in [2.75, 3.05) is 0 Å². The summed E-state index contributed by atoms with van der Waals surface area (Å²) in [4.78, 5) is 12.0. The summed E-state index contributed by atoms with van der Waals surface area (Å²) in [6.07, 6.45) is 2.09. The van der Waals surface area contributed by atoms with Crippen LogP contribution in [0, 0.1) is 11.8 Å². The fourth-order valence-electron chi connectivity index (χ4n) is 2.43. The first-order chi connectivity index (χ1) is 9.49. The molecule has 0 fully saturated rings. The lowest BCUT2D eigenvalue weighted by molar-refractivity contribution is -0.124. The molecular weight excluding hydrogens is 268 g/mol. The number of hydrogen-bond acceptors (Lipinski definition) is 2. The van der Waals surface area contributed by atoms with Gasteiger partial charge in [-0.1, -0.05) is 45.0 Å². The molecule has 0 spiro atoms. The van der Waals surface area contributed by atoms with Gasteiger partial charge in [-0.15, -0.1) is 0 Å². The summed E-state index contributed by atoms with van der Waals surface area (Å²) in [6.45, 7) is 6.00. The van der Waals surface area contributed by atoms with Gasteiger partial charge in [0.2, 0.25) is 5.91 Å². The number of aryl methyl sites for hydroxylation is 1. The van der Waals surface area contributed by atoms with Crippen LogP contribution >= 0.6 is 12.2 Å². The molecule has 1 aromatic carbocycles. The highest BCUT2D eigenvalue weighted by atomic mass is 32.1. The minimum atomic E-state index is -0.0365. The first-order valence-corrected chi connectivity index (χ1v) is 7.59. The molecule has 1 unspecified atom stereocenters. The van der Waals surface area contributed by atoms with Gasteiger partial charge in [0.1, 0.15) is 0 Å². The van der Waals surface area contributed by atoms with Crippen LogP contribution in [-0.4, -0.2) is 11.0 Å². The molecule has 0 heterocycles. The van der Waals surface area contributed by atoms with Crippen LogP contribution in [0.3, 0.4) is 0 Å². The van der Waals surface area contributed by atoms with Crippen molar-refractivity contribution < 1.29 is 4.79 Å². The van der Waals surface area contributed by atoms with Gasteiger partial charge in [-0.3, -0.25) is 4.79 Å². The van der Waals surface area contributed by atoms with Crippen molar-refractivity contribution in [2.24, 2.45) is 11.8 Å². The average molecular weight is 290 g/mol. The first kappa shape index (κ1) is 15.0. The zero-order valence-electron chi connectivity index (χ0n) is 12.3. The molecule has 2 atom stereocenters. The molecule has 2 rings (SSSR count). The molecule has 1 aromatic rings. The molecule has 0 saturated heterocycles. The molecule has 0 aliphatic heterocycles. The topological polar surface area (TPSA) is 41.1 Å². The van der Waals surface area contributed by atoms with E-state index in [-0.39, 0.29) is 17.9 Å². The largest absolute Gasteiger partial charge is 0.356 e. The highest BCUT2D eigenvalue weighted by Crippen LogP contribution is 2.30. The quantitative estimate of drug-likeness (QED) is 0.841. The Morgan fingerprint density at radius 2 is 2.00 bits per heavy atom. The molecule has 0 radical (unpaired) electrons. The predicted octanol–water partition coefficient (Wildman–Crippen LogP) is 2.96. The molecule has 1 aliphatic rings. The molecule has 2 N–H and O–H groups in total.